The molecule has 2 amide bonds. The summed E-state index contributed by atoms with van der Waals surface area (Å²) in [6.07, 6.45) is 0.327. The lowest BCUT2D eigenvalue weighted by Gasteiger charge is -2.44. The van der Waals surface area contributed by atoms with Gasteiger partial charge in [-0.3, -0.25) is 9.69 Å². The molecule has 242 valence electrons. The number of amides is 2. The van der Waals surface area contributed by atoms with Crippen molar-refractivity contribution in [3.63, 3.8) is 0 Å². The normalized spacial score (nSPS) is 21.6. The molecule has 2 fully saturated rings. The Morgan fingerprint density at radius 3 is 2.20 bits per heavy atom. The van der Waals surface area contributed by atoms with E-state index in [1.54, 1.807) is 18.1 Å². The highest BCUT2D eigenvalue weighted by Gasteiger charge is 2.56. The second-order valence-corrected chi connectivity index (χ2v) is 18.6. The van der Waals surface area contributed by atoms with Gasteiger partial charge in [-0.05, 0) is 48.0 Å². The summed E-state index contributed by atoms with van der Waals surface area (Å²) in [6, 6.07) is 9.69. The van der Waals surface area contributed by atoms with Crippen LogP contribution in [0.15, 0.2) is 36.4 Å². The Labute approximate surface area is 263 Å². The Kier molecular flexibility index (Phi) is 10.6. The zero-order valence-corrected chi connectivity index (χ0v) is 28.7. The van der Waals surface area contributed by atoms with Crippen LogP contribution >= 0.6 is 0 Å². The fraction of sp³-hybridized carbons (Fsp3) is 0.588. The highest BCUT2D eigenvalue weighted by Crippen LogP contribution is 2.46. The van der Waals surface area contributed by atoms with Crippen LogP contribution in [0.3, 0.4) is 0 Å². The Balaban J connectivity index is 1.70. The number of benzene rings is 2. The van der Waals surface area contributed by atoms with E-state index in [-0.39, 0.29) is 30.2 Å². The minimum Gasteiger partial charge on any atom is -0.504 e. The Morgan fingerprint density at radius 1 is 1.02 bits per heavy atom. The fourth-order valence-electron chi connectivity index (χ4n) is 7.99. The fourth-order valence-corrected chi connectivity index (χ4v) is 13.5. The molecular weight excluding hydrogens is 576 g/mol. The van der Waals surface area contributed by atoms with E-state index < -0.39 is 26.5 Å². The SMILES string of the molecule is COc1c(O)cc(C[C@@H]2NC(=O)[C@@H]3C[C@@H](CO[Si](C(C)C)(C(C)C)C(C)C)[C@H]2N3C(=O)OCc2ccccc2)c(OC)c1C. The standard InChI is InChI=1S/C34H50N2O7Si/c1-20(2)44(21(3)4,22(5)6)43-19-26-16-28-33(38)35-27(15-25-17-29(37)32(41-9)23(7)31(25)40-8)30(26)36(28)34(39)42-18-24-13-11-10-12-14-24/h10-14,17,20-22,26-28,30,37H,15-16,18-19H2,1-9H3,(H,35,38)/t26-,27-,28-,30+/m0/s1. The van der Waals surface area contributed by atoms with Crippen molar-refractivity contribution in [1.29, 1.82) is 0 Å². The molecule has 0 aliphatic carbocycles. The van der Waals surface area contributed by atoms with Gasteiger partial charge >= 0.3 is 6.09 Å². The van der Waals surface area contributed by atoms with E-state index in [9.17, 15) is 14.7 Å². The summed E-state index contributed by atoms with van der Waals surface area (Å²) in [5.74, 6) is 0.613. The first-order valence-electron chi connectivity index (χ1n) is 15.7. The van der Waals surface area contributed by atoms with Crippen LogP contribution in [0.2, 0.25) is 16.6 Å². The van der Waals surface area contributed by atoms with Crippen LogP contribution in [0, 0.1) is 12.8 Å². The maximum atomic E-state index is 13.8. The highest BCUT2D eigenvalue weighted by atomic mass is 28.4. The van der Waals surface area contributed by atoms with Crippen LogP contribution in [-0.4, -0.2) is 69.3 Å². The van der Waals surface area contributed by atoms with Gasteiger partial charge in [0.15, 0.2) is 19.8 Å². The Hall–Kier alpha value is -3.24. The van der Waals surface area contributed by atoms with E-state index in [1.807, 2.05) is 37.3 Å². The van der Waals surface area contributed by atoms with Crippen LogP contribution in [-0.2, 0) is 27.0 Å². The largest absolute Gasteiger partial charge is 0.504 e. The van der Waals surface area contributed by atoms with Crippen LogP contribution in [0.4, 0.5) is 4.79 Å². The lowest BCUT2D eigenvalue weighted by atomic mass is 9.90. The van der Waals surface area contributed by atoms with Gasteiger partial charge < -0.3 is 29.1 Å². The van der Waals surface area contributed by atoms with Gasteiger partial charge in [-0.15, -0.1) is 0 Å². The molecule has 0 unspecified atom stereocenters. The molecule has 4 atom stereocenters. The van der Waals surface area contributed by atoms with Crippen molar-refractivity contribution in [3.05, 3.63) is 53.1 Å². The summed E-state index contributed by atoms with van der Waals surface area (Å²) < 4.78 is 24.0. The van der Waals surface area contributed by atoms with Crippen LogP contribution in [0.1, 0.15) is 64.7 Å². The maximum Gasteiger partial charge on any atom is 0.411 e. The summed E-state index contributed by atoms with van der Waals surface area (Å²) in [7, 11) is 0.866. The number of hydrogen-bond acceptors (Lipinski definition) is 7. The van der Waals surface area contributed by atoms with Crippen LogP contribution < -0.4 is 14.8 Å². The zero-order valence-electron chi connectivity index (χ0n) is 27.7. The molecule has 10 heteroatoms. The molecule has 2 aliphatic rings. The van der Waals surface area contributed by atoms with Crippen molar-refractivity contribution in [1.82, 2.24) is 10.2 Å². The van der Waals surface area contributed by atoms with Crippen LogP contribution in [0.5, 0.6) is 17.2 Å². The molecule has 0 radical (unpaired) electrons. The highest BCUT2D eigenvalue weighted by molar-refractivity contribution is 6.77. The average Bonchev–Trinajstić information content (AvgIpc) is 3.29. The van der Waals surface area contributed by atoms with Crippen LogP contribution in [0.25, 0.3) is 0 Å². The smallest absolute Gasteiger partial charge is 0.411 e. The summed E-state index contributed by atoms with van der Waals surface area (Å²) >= 11 is 0. The first-order valence-corrected chi connectivity index (χ1v) is 17.9. The summed E-state index contributed by atoms with van der Waals surface area (Å²) in [5, 5.41) is 13.9. The maximum absolute atomic E-state index is 13.8. The second kappa shape index (κ2) is 13.8. The van der Waals surface area contributed by atoms with Crippen molar-refractivity contribution >= 4 is 20.3 Å². The summed E-state index contributed by atoms with van der Waals surface area (Å²) in [6.45, 7) is 15.9. The van der Waals surface area contributed by atoms with Crippen molar-refractivity contribution in [2.24, 2.45) is 5.92 Å². The minimum atomic E-state index is -2.21. The zero-order chi connectivity index (χ0) is 32.3. The quantitative estimate of drug-likeness (QED) is 0.265. The molecule has 4 rings (SSSR count). The number of phenols is 1. The second-order valence-electron chi connectivity index (χ2n) is 13.1. The molecule has 2 aromatic carbocycles. The Morgan fingerprint density at radius 2 is 1.64 bits per heavy atom. The monoisotopic (exact) mass is 626 g/mol. The number of nitrogens with zero attached hydrogens (tertiary/aromatic N) is 1. The lowest BCUT2D eigenvalue weighted by Crippen LogP contribution is -2.64. The van der Waals surface area contributed by atoms with E-state index in [2.05, 4.69) is 46.9 Å². The third-order valence-corrected chi connectivity index (χ3v) is 15.8. The minimum absolute atomic E-state index is 0.00664. The molecular formula is C34H50N2O7Si. The molecule has 44 heavy (non-hydrogen) atoms. The van der Waals surface area contributed by atoms with Crippen molar-refractivity contribution in [2.45, 2.75) is 103 Å². The number of ether oxygens (including phenoxy) is 3. The number of fused-ring (bicyclic) bond motifs is 2. The molecule has 2 heterocycles. The molecule has 0 aromatic heterocycles. The topological polar surface area (TPSA) is 107 Å². The number of aromatic hydroxyl groups is 1. The number of phenolic OH excluding ortho intramolecular Hbond substituents is 1. The van der Waals surface area contributed by atoms with Gasteiger partial charge in [0.2, 0.25) is 5.91 Å². The molecule has 2 aromatic rings. The van der Waals surface area contributed by atoms with Gasteiger partial charge in [0, 0.05) is 23.7 Å². The number of nitrogens with one attached hydrogen (secondary N) is 1. The molecule has 0 saturated carbocycles. The average molecular weight is 627 g/mol. The summed E-state index contributed by atoms with van der Waals surface area (Å²) in [5.41, 5.74) is 3.46. The molecule has 0 spiro atoms. The molecule has 2 aliphatic heterocycles. The number of carbonyl (C=O) groups excluding carboxylic acids is 2. The predicted molar refractivity (Wildman–Crippen MR) is 173 cm³/mol. The predicted octanol–water partition coefficient (Wildman–Crippen LogP) is 6.35. The third kappa shape index (κ3) is 6.29. The number of carbonyl (C=O) groups is 2. The Bertz CT molecular complexity index is 1290. The number of piperazine rings is 1. The van der Waals surface area contributed by atoms with Crippen molar-refractivity contribution < 1.29 is 33.3 Å². The van der Waals surface area contributed by atoms with Gasteiger partial charge in [0.05, 0.1) is 26.3 Å². The van der Waals surface area contributed by atoms with Gasteiger partial charge in [-0.2, -0.15) is 0 Å². The first-order chi connectivity index (χ1) is 20.9. The van der Waals surface area contributed by atoms with Crippen molar-refractivity contribution in [3.8, 4) is 17.2 Å². The molecule has 2 N–H and O–H groups in total. The van der Waals surface area contributed by atoms with Gasteiger partial charge in [-0.25, -0.2) is 4.79 Å². The number of methoxy groups -OCH3 is 2. The van der Waals surface area contributed by atoms with Gasteiger partial charge in [-0.1, -0.05) is 71.9 Å². The van der Waals surface area contributed by atoms with Crippen molar-refractivity contribution in [2.75, 3.05) is 20.8 Å². The van der Waals surface area contributed by atoms with E-state index in [0.29, 0.717) is 58.7 Å². The first kappa shape index (κ1) is 33.6. The molecule has 2 saturated heterocycles. The number of rotatable bonds is 12. The van der Waals surface area contributed by atoms with E-state index in [0.717, 1.165) is 5.56 Å². The van der Waals surface area contributed by atoms with E-state index in [4.69, 9.17) is 18.6 Å². The van der Waals surface area contributed by atoms with E-state index >= 15 is 0 Å². The summed E-state index contributed by atoms with van der Waals surface area (Å²) in [4.78, 5) is 29.0. The third-order valence-electron chi connectivity index (χ3n) is 9.74. The lowest BCUT2D eigenvalue weighted by molar-refractivity contribution is -0.129. The van der Waals surface area contributed by atoms with E-state index in [1.165, 1.54) is 7.11 Å². The number of hydrogen-bond donors (Lipinski definition) is 2. The van der Waals surface area contributed by atoms with Gasteiger partial charge in [0.25, 0.3) is 0 Å². The molecule has 9 nitrogen and oxygen atoms in total. The molecule has 2 bridgehead atoms. The van der Waals surface area contributed by atoms with Gasteiger partial charge in [0.1, 0.15) is 18.4 Å².